The lowest BCUT2D eigenvalue weighted by atomic mass is 9.82. The van der Waals surface area contributed by atoms with Gasteiger partial charge in [0.05, 0.1) is 27.4 Å². The summed E-state index contributed by atoms with van der Waals surface area (Å²) in [5.74, 6) is -1.25. The predicted molar refractivity (Wildman–Crippen MR) is 106 cm³/mol. The lowest BCUT2D eigenvalue weighted by Crippen LogP contribution is -2.21. The molecule has 30 heavy (non-hydrogen) atoms. The zero-order valence-corrected chi connectivity index (χ0v) is 15.2. The number of nitro benzene ring substituents is 1. The topological polar surface area (TPSA) is 123 Å². The van der Waals surface area contributed by atoms with Crippen molar-refractivity contribution in [2.75, 3.05) is 0 Å². The summed E-state index contributed by atoms with van der Waals surface area (Å²) in [6.45, 7) is 0. The largest absolute Gasteiger partial charge is 0.507 e. The van der Waals surface area contributed by atoms with Gasteiger partial charge in [-0.2, -0.15) is 0 Å². The minimum atomic E-state index is -0.948. The standard InChI is InChI=1S/C22H13NO7/c24-14-8-9-15(25)21-18(14)17(11-4-3-5-12(10-11)23(27)28)19-20(30-21)13-6-1-2-7-16(13)29-22(19)26/h1-10,17,24-25H. The number of benzene rings is 3. The first kappa shape index (κ1) is 17.7. The number of hydrogen-bond donors (Lipinski definition) is 2. The molecule has 1 aromatic heterocycles. The Labute approximate surface area is 168 Å². The van der Waals surface area contributed by atoms with E-state index in [4.69, 9.17) is 9.15 Å². The first-order valence-electron chi connectivity index (χ1n) is 8.98. The third-order valence-electron chi connectivity index (χ3n) is 5.15. The minimum absolute atomic E-state index is 0.0187. The summed E-state index contributed by atoms with van der Waals surface area (Å²) in [6, 6.07) is 15.1. The predicted octanol–water partition coefficient (Wildman–Crippen LogP) is 4.40. The van der Waals surface area contributed by atoms with Crippen LogP contribution in [0.5, 0.6) is 23.0 Å². The van der Waals surface area contributed by atoms with Gasteiger partial charge in [0.15, 0.2) is 11.5 Å². The molecule has 0 fully saturated rings. The van der Waals surface area contributed by atoms with Crippen LogP contribution in [-0.2, 0) is 0 Å². The van der Waals surface area contributed by atoms with Crippen LogP contribution < -0.4 is 10.4 Å². The molecule has 8 nitrogen and oxygen atoms in total. The van der Waals surface area contributed by atoms with Crippen molar-refractivity contribution in [2.45, 2.75) is 5.92 Å². The monoisotopic (exact) mass is 403 g/mol. The van der Waals surface area contributed by atoms with E-state index in [1.165, 1.54) is 30.3 Å². The molecule has 8 heteroatoms. The van der Waals surface area contributed by atoms with Crippen molar-refractivity contribution in [1.29, 1.82) is 0 Å². The van der Waals surface area contributed by atoms with E-state index in [9.17, 15) is 25.1 Å². The molecule has 1 unspecified atom stereocenters. The van der Waals surface area contributed by atoms with Crippen molar-refractivity contribution in [3.05, 3.63) is 97.9 Å². The van der Waals surface area contributed by atoms with Crippen molar-refractivity contribution in [1.82, 2.24) is 0 Å². The van der Waals surface area contributed by atoms with Crippen LogP contribution in [0, 0.1) is 10.1 Å². The van der Waals surface area contributed by atoms with Crippen LogP contribution in [-0.4, -0.2) is 15.1 Å². The van der Waals surface area contributed by atoms with E-state index in [2.05, 4.69) is 0 Å². The number of rotatable bonds is 2. The molecule has 5 rings (SSSR count). The summed E-state index contributed by atoms with van der Waals surface area (Å²) in [5, 5.41) is 32.8. The molecule has 2 N–H and O–H groups in total. The molecular formula is C22H13NO7. The van der Waals surface area contributed by atoms with Crippen LogP contribution in [0.15, 0.2) is 69.9 Å². The van der Waals surface area contributed by atoms with Crippen molar-refractivity contribution < 1.29 is 24.3 Å². The van der Waals surface area contributed by atoms with Crippen molar-refractivity contribution in [3.63, 3.8) is 0 Å². The lowest BCUT2D eigenvalue weighted by Gasteiger charge is -2.29. The number of non-ortho nitro benzene ring substituents is 1. The van der Waals surface area contributed by atoms with Crippen LogP contribution >= 0.6 is 0 Å². The molecule has 0 saturated heterocycles. The highest BCUT2D eigenvalue weighted by Crippen LogP contribution is 2.54. The van der Waals surface area contributed by atoms with Crippen LogP contribution in [0.4, 0.5) is 5.69 Å². The molecule has 148 valence electrons. The summed E-state index contributed by atoms with van der Waals surface area (Å²) < 4.78 is 11.4. The van der Waals surface area contributed by atoms with Crippen LogP contribution in [0.3, 0.4) is 0 Å². The van der Waals surface area contributed by atoms with Gasteiger partial charge in [0.1, 0.15) is 17.1 Å². The van der Waals surface area contributed by atoms with Gasteiger partial charge in [-0.1, -0.05) is 24.3 Å². The zero-order chi connectivity index (χ0) is 21.0. The Kier molecular flexibility index (Phi) is 3.75. The first-order valence-corrected chi connectivity index (χ1v) is 8.98. The van der Waals surface area contributed by atoms with Crippen LogP contribution in [0.1, 0.15) is 22.6 Å². The molecule has 3 aromatic carbocycles. The van der Waals surface area contributed by atoms with Crippen molar-refractivity contribution in [2.24, 2.45) is 0 Å². The number of nitrogens with zero attached hydrogens (tertiary/aromatic N) is 1. The molecule has 1 aliphatic rings. The second-order valence-corrected chi connectivity index (χ2v) is 6.86. The fraction of sp³-hybridized carbons (Fsp3) is 0.0455. The van der Waals surface area contributed by atoms with E-state index < -0.39 is 16.5 Å². The number of phenolic OH excluding ortho intramolecular Hbond substituents is 2. The Morgan fingerprint density at radius 2 is 1.67 bits per heavy atom. The molecule has 1 aliphatic heterocycles. The van der Waals surface area contributed by atoms with E-state index in [0.29, 0.717) is 16.5 Å². The highest BCUT2D eigenvalue weighted by Gasteiger charge is 2.37. The maximum absolute atomic E-state index is 13.0. The highest BCUT2D eigenvalue weighted by atomic mass is 16.6. The second kappa shape index (κ2) is 6.35. The average molecular weight is 403 g/mol. The van der Waals surface area contributed by atoms with Crippen molar-refractivity contribution >= 4 is 16.7 Å². The molecule has 0 aliphatic carbocycles. The average Bonchev–Trinajstić information content (AvgIpc) is 2.75. The molecule has 0 amide bonds. The molecule has 1 atom stereocenters. The third kappa shape index (κ3) is 2.51. The van der Waals surface area contributed by atoms with Gasteiger partial charge in [0.25, 0.3) is 5.69 Å². The number of phenols is 2. The maximum atomic E-state index is 13.0. The van der Waals surface area contributed by atoms with E-state index >= 15 is 0 Å². The normalized spacial score (nSPS) is 14.6. The number of ether oxygens (including phenoxy) is 1. The fourth-order valence-electron chi connectivity index (χ4n) is 3.86. The fourth-order valence-corrected chi connectivity index (χ4v) is 3.86. The van der Waals surface area contributed by atoms with Gasteiger partial charge >= 0.3 is 5.63 Å². The first-order chi connectivity index (χ1) is 14.5. The Morgan fingerprint density at radius 1 is 0.900 bits per heavy atom. The molecule has 0 saturated carbocycles. The number of aromatic hydroxyl groups is 2. The molecular weight excluding hydrogens is 390 g/mol. The van der Waals surface area contributed by atoms with Gasteiger partial charge in [-0.25, -0.2) is 4.79 Å². The molecule has 4 aromatic rings. The Balaban J connectivity index is 1.91. The number of hydrogen-bond acceptors (Lipinski definition) is 7. The Bertz CT molecular complexity index is 1410. The van der Waals surface area contributed by atoms with E-state index in [-0.39, 0.29) is 39.8 Å². The van der Waals surface area contributed by atoms with Gasteiger partial charge in [-0.3, -0.25) is 10.1 Å². The van der Waals surface area contributed by atoms with Crippen molar-refractivity contribution in [3.8, 4) is 23.0 Å². The van der Waals surface area contributed by atoms with Gasteiger partial charge in [-0.05, 0) is 29.8 Å². The maximum Gasteiger partial charge on any atom is 0.344 e. The third-order valence-corrected chi connectivity index (χ3v) is 5.15. The van der Waals surface area contributed by atoms with Gasteiger partial charge in [0, 0.05) is 12.1 Å². The second-order valence-electron chi connectivity index (χ2n) is 6.86. The van der Waals surface area contributed by atoms with Crippen LogP contribution in [0.25, 0.3) is 11.0 Å². The summed E-state index contributed by atoms with van der Waals surface area (Å²) in [4.78, 5) is 23.7. The number of fused-ring (bicyclic) bond motifs is 4. The molecule has 0 bridgehead atoms. The van der Waals surface area contributed by atoms with Gasteiger partial charge < -0.3 is 19.4 Å². The van der Waals surface area contributed by atoms with E-state index in [0.717, 1.165) is 0 Å². The Morgan fingerprint density at radius 3 is 2.47 bits per heavy atom. The smallest absolute Gasteiger partial charge is 0.344 e. The molecule has 0 radical (unpaired) electrons. The minimum Gasteiger partial charge on any atom is -0.507 e. The van der Waals surface area contributed by atoms with Gasteiger partial charge in [-0.15, -0.1) is 0 Å². The SMILES string of the molecule is O=c1oc2ccccc2c2c1C(c1cccc([N+](=O)[O-])c1)c1c(O)ccc(O)c1O2. The highest BCUT2D eigenvalue weighted by molar-refractivity contribution is 5.87. The lowest BCUT2D eigenvalue weighted by molar-refractivity contribution is -0.384. The van der Waals surface area contributed by atoms with Crippen LogP contribution in [0.2, 0.25) is 0 Å². The number of para-hydroxylation sites is 1. The Hall–Kier alpha value is -4.33. The summed E-state index contributed by atoms with van der Waals surface area (Å²) in [7, 11) is 0. The summed E-state index contributed by atoms with van der Waals surface area (Å²) >= 11 is 0. The molecule has 2 heterocycles. The molecule has 0 spiro atoms. The van der Waals surface area contributed by atoms with E-state index in [1.54, 1.807) is 30.3 Å². The van der Waals surface area contributed by atoms with E-state index in [1.807, 2.05) is 0 Å². The van der Waals surface area contributed by atoms with Gasteiger partial charge in [0.2, 0.25) is 0 Å². The number of nitro groups is 1. The summed E-state index contributed by atoms with van der Waals surface area (Å²) in [5.41, 5.74) is 0.00861. The quantitative estimate of drug-likeness (QED) is 0.194. The zero-order valence-electron chi connectivity index (χ0n) is 15.2. The summed E-state index contributed by atoms with van der Waals surface area (Å²) in [6.07, 6.45) is 0.